The number of carbonyl (C=O) groups is 1. The highest BCUT2D eigenvalue weighted by Gasteiger charge is 2.32. The Kier molecular flexibility index (Phi) is 7.55. The summed E-state index contributed by atoms with van der Waals surface area (Å²) in [7, 11) is 0. The lowest BCUT2D eigenvalue weighted by Gasteiger charge is -2.13. The number of benzene rings is 2. The summed E-state index contributed by atoms with van der Waals surface area (Å²) in [5, 5.41) is 4.84. The number of unbranched alkanes of at least 4 members (excludes halogenated alkanes) is 4. The van der Waals surface area contributed by atoms with Crippen LogP contribution in [0.1, 0.15) is 44.6 Å². The van der Waals surface area contributed by atoms with Gasteiger partial charge < -0.3 is 0 Å². The van der Waals surface area contributed by atoms with Crippen molar-refractivity contribution in [2.45, 2.75) is 39.0 Å². The zero-order chi connectivity index (χ0) is 22.3. The third-order valence-electron chi connectivity index (χ3n) is 5.46. The van der Waals surface area contributed by atoms with E-state index in [-0.39, 0.29) is 5.91 Å². The second kappa shape index (κ2) is 10.7. The second-order valence-corrected chi connectivity index (χ2v) is 9.50. The lowest BCUT2D eigenvalue weighted by molar-refractivity contribution is -0.122. The van der Waals surface area contributed by atoms with Crippen LogP contribution >= 0.6 is 24.0 Å². The highest BCUT2D eigenvalue weighted by molar-refractivity contribution is 8.26. The number of hydrogen-bond acceptors (Lipinski definition) is 4. The standard InChI is InChI=1S/C26H27N3OS2/c1-2-3-4-5-12-17-28-25(30)23(32-26(28)31)18-21-19-29(22-15-10-7-11-16-22)27-24(21)20-13-8-6-9-14-20/h6-11,13-16,18-19H,2-5,12,17H2,1H3. The number of thiocarbonyl (C=S) groups is 1. The summed E-state index contributed by atoms with van der Waals surface area (Å²) in [6.07, 6.45) is 9.70. The van der Waals surface area contributed by atoms with Gasteiger partial charge in [0.05, 0.1) is 16.3 Å². The lowest BCUT2D eigenvalue weighted by atomic mass is 10.1. The number of para-hydroxylation sites is 1. The summed E-state index contributed by atoms with van der Waals surface area (Å²) < 4.78 is 2.51. The smallest absolute Gasteiger partial charge is 0.266 e. The fourth-order valence-electron chi connectivity index (χ4n) is 3.73. The summed E-state index contributed by atoms with van der Waals surface area (Å²) in [5.74, 6) is 0.00182. The highest BCUT2D eigenvalue weighted by atomic mass is 32.2. The second-order valence-electron chi connectivity index (χ2n) is 7.83. The van der Waals surface area contributed by atoms with E-state index in [1.165, 1.54) is 31.0 Å². The fourth-order valence-corrected chi connectivity index (χ4v) is 5.03. The maximum absolute atomic E-state index is 13.1. The van der Waals surface area contributed by atoms with Gasteiger partial charge in [0.15, 0.2) is 0 Å². The molecule has 0 saturated carbocycles. The molecule has 2 heterocycles. The highest BCUT2D eigenvalue weighted by Crippen LogP contribution is 2.35. The molecule has 1 saturated heterocycles. The zero-order valence-corrected chi connectivity index (χ0v) is 19.9. The molecule has 1 aromatic heterocycles. The molecule has 1 aliphatic heterocycles. The van der Waals surface area contributed by atoms with Gasteiger partial charge in [-0.1, -0.05) is 105 Å². The molecule has 0 bridgehead atoms. The van der Waals surface area contributed by atoms with Gasteiger partial charge in [0.2, 0.25) is 0 Å². The van der Waals surface area contributed by atoms with E-state index in [0.29, 0.717) is 15.8 Å². The van der Waals surface area contributed by atoms with Gasteiger partial charge in [-0.05, 0) is 24.6 Å². The van der Waals surface area contributed by atoms with Crippen molar-refractivity contribution in [3.05, 3.63) is 77.3 Å². The number of carbonyl (C=O) groups excluding carboxylic acids is 1. The lowest BCUT2D eigenvalue weighted by Crippen LogP contribution is -2.29. The number of aromatic nitrogens is 2. The van der Waals surface area contributed by atoms with Gasteiger partial charge in [-0.25, -0.2) is 4.68 Å². The van der Waals surface area contributed by atoms with E-state index in [2.05, 4.69) is 6.92 Å². The van der Waals surface area contributed by atoms with Crippen molar-refractivity contribution in [2.75, 3.05) is 6.54 Å². The van der Waals surface area contributed by atoms with Crippen molar-refractivity contribution in [2.24, 2.45) is 0 Å². The first kappa shape index (κ1) is 22.5. The molecule has 3 aromatic rings. The molecule has 4 rings (SSSR count). The van der Waals surface area contributed by atoms with E-state index in [9.17, 15) is 4.79 Å². The predicted molar refractivity (Wildman–Crippen MR) is 138 cm³/mol. The van der Waals surface area contributed by atoms with Crippen molar-refractivity contribution in [1.29, 1.82) is 0 Å². The number of hydrogen-bond donors (Lipinski definition) is 0. The molecule has 0 N–H and O–H groups in total. The van der Waals surface area contributed by atoms with E-state index in [1.54, 1.807) is 4.90 Å². The van der Waals surface area contributed by atoms with Crippen molar-refractivity contribution < 1.29 is 4.79 Å². The summed E-state index contributed by atoms with van der Waals surface area (Å²) in [6, 6.07) is 20.1. The molecule has 6 heteroatoms. The fraction of sp³-hybridized carbons (Fsp3) is 0.269. The van der Waals surface area contributed by atoms with Crippen molar-refractivity contribution in [3.63, 3.8) is 0 Å². The van der Waals surface area contributed by atoms with Crippen LogP contribution in [0.4, 0.5) is 0 Å². The Morgan fingerprint density at radius 2 is 1.66 bits per heavy atom. The van der Waals surface area contributed by atoms with Gasteiger partial charge in [-0.15, -0.1) is 0 Å². The molecule has 1 fully saturated rings. The number of thioether (sulfide) groups is 1. The predicted octanol–water partition coefficient (Wildman–Crippen LogP) is 6.71. The molecular weight excluding hydrogens is 434 g/mol. The Hall–Kier alpha value is -2.70. The summed E-state index contributed by atoms with van der Waals surface area (Å²) in [4.78, 5) is 15.5. The quantitative estimate of drug-likeness (QED) is 0.202. The maximum Gasteiger partial charge on any atom is 0.266 e. The van der Waals surface area contributed by atoms with Gasteiger partial charge in [-0.3, -0.25) is 9.69 Å². The third kappa shape index (κ3) is 5.19. The normalized spacial score (nSPS) is 15.2. The van der Waals surface area contributed by atoms with Crippen molar-refractivity contribution >= 4 is 40.3 Å². The molecule has 0 radical (unpaired) electrons. The van der Waals surface area contributed by atoms with Crippen LogP contribution in [-0.4, -0.2) is 31.5 Å². The van der Waals surface area contributed by atoms with Crippen LogP contribution in [-0.2, 0) is 4.79 Å². The van der Waals surface area contributed by atoms with E-state index in [1.807, 2.05) is 77.6 Å². The SMILES string of the molecule is CCCCCCCN1C(=O)C(=Cc2cn(-c3ccccc3)nc2-c2ccccc2)SC1=S. The monoisotopic (exact) mass is 461 g/mol. The van der Waals surface area contributed by atoms with E-state index >= 15 is 0 Å². The molecule has 0 unspecified atom stereocenters. The van der Waals surface area contributed by atoms with E-state index < -0.39 is 0 Å². The number of nitrogens with zero attached hydrogens (tertiary/aromatic N) is 3. The molecule has 164 valence electrons. The van der Waals surface area contributed by atoms with Crippen LogP contribution in [0, 0.1) is 0 Å². The maximum atomic E-state index is 13.1. The van der Waals surface area contributed by atoms with Crippen LogP contribution in [0.25, 0.3) is 23.0 Å². The first-order chi connectivity index (χ1) is 15.7. The number of rotatable bonds is 9. The molecule has 32 heavy (non-hydrogen) atoms. The molecule has 4 nitrogen and oxygen atoms in total. The van der Waals surface area contributed by atoms with Gasteiger partial charge in [0.1, 0.15) is 4.32 Å². The Bertz CT molecular complexity index is 1110. The van der Waals surface area contributed by atoms with Crippen LogP contribution < -0.4 is 0 Å². The van der Waals surface area contributed by atoms with Crippen LogP contribution in [0.5, 0.6) is 0 Å². The van der Waals surface area contributed by atoms with Crippen LogP contribution in [0.3, 0.4) is 0 Å². The molecule has 1 amide bonds. The van der Waals surface area contributed by atoms with Crippen molar-refractivity contribution in [3.8, 4) is 16.9 Å². The Labute approximate surface area is 199 Å². The van der Waals surface area contributed by atoms with E-state index in [0.717, 1.165) is 35.3 Å². The molecule has 0 atom stereocenters. The minimum absolute atomic E-state index is 0.00182. The summed E-state index contributed by atoms with van der Waals surface area (Å²) in [6.45, 7) is 2.90. The molecule has 0 spiro atoms. The summed E-state index contributed by atoms with van der Waals surface area (Å²) in [5.41, 5.74) is 3.74. The number of amides is 1. The molecule has 0 aliphatic carbocycles. The summed E-state index contributed by atoms with van der Waals surface area (Å²) >= 11 is 6.91. The molecule has 2 aromatic carbocycles. The van der Waals surface area contributed by atoms with Gasteiger partial charge >= 0.3 is 0 Å². The Morgan fingerprint density at radius 3 is 2.38 bits per heavy atom. The Morgan fingerprint density at radius 1 is 0.969 bits per heavy atom. The topological polar surface area (TPSA) is 38.1 Å². The minimum atomic E-state index is 0.00182. The van der Waals surface area contributed by atoms with Crippen LogP contribution in [0.2, 0.25) is 0 Å². The van der Waals surface area contributed by atoms with Gasteiger partial charge in [-0.2, -0.15) is 5.10 Å². The molecular formula is C26H27N3OS2. The molecule has 1 aliphatic rings. The Balaban J connectivity index is 1.61. The first-order valence-corrected chi connectivity index (χ1v) is 12.4. The minimum Gasteiger partial charge on any atom is -0.293 e. The average molecular weight is 462 g/mol. The van der Waals surface area contributed by atoms with Gasteiger partial charge in [0.25, 0.3) is 5.91 Å². The average Bonchev–Trinajstić information content (AvgIpc) is 3.36. The van der Waals surface area contributed by atoms with Crippen LogP contribution in [0.15, 0.2) is 71.8 Å². The largest absolute Gasteiger partial charge is 0.293 e. The van der Waals surface area contributed by atoms with Gasteiger partial charge in [0, 0.05) is 23.9 Å². The van der Waals surface area contributed by atoms with Crippen molar-refractivity contribution in [1.82, 2.24) is 14.7 Å². The zero-order valence-electron chi connectivity index (χ0n) is 18.2. The third-order valence-corrected chi connectivity index (χ3v) is 6.83. The first-order valence-electron chi connectivity index (χ1n) is 11.1. The van der Waals surface area contributed by atoms with E-state index in [4.69, 9.17) is 17.3 Å².